The van der Waals surface area contributed by atoms with E-state index in [0.29, 0.717) is 6.54 Å². The van der Waals surface area contributed by atoms with Crippen LogP contribution in [-0.2, 0) is 6.54 Å². The van der Waals surface area contributed by atoms with Crippen molar-refractivity contribution in [3.05, 3.63) is 105 Å². The van der Waals surface area contributed by atoms with Crippen LogP contribution >= 0.6 is 0 Å². The van der Waals surface area contributed by atoms with Crippen molar-refractivity contribution in [2.24, 2.45) is 0 Å². The van der Waals surface area contributed by atoms with Gasteiger partial charge >= 0.3 is 0 Å². The van der Waals surface area contributed by atoms with Gasteiger partial charge < -0.3 is 4.57 Å². The van der Waals surface area contributed by atoms with Crippen LogP contribution in [0.5, 0.6) is 0 Å². The molecule has 3 aromatic carbocycles. The molecule has 1 aromatic heterocycles. The fraction of sp³-hybridized carbons (Fsp3) is 0.192. The topological polar surface area (TPSA) is 22.0 Å². The number of hydrogen-bond donors (Lipinski definition) is 0. The molecule has 0 aliphatic carbocycles. The van der Waals surface area contributed by atoms with Crippen molar-refractivity contribution >= 4 is 10.8 Å². The van der Waals surface area contributed by atoms with E-state index < -0.39 is 0 Å². The molecular formula is C26H25NO. The molecule has 0 saturated heterocycles. The van der Waals surface area contributed by atoms with E-state index in [4.69, 9.17) is 0 Å². The highest BCUT2D eigenvalue weighted by molar-refractivity contribution is 5.86. The van der Waals surface area contributed by atoms with Gasteiger partial charge in [-0.2, -0.15) is 0 Å². The van der Waals surface area contributed by atoms with Crippen molar-refractivity contribution < 1.29 is 0 Å². The molecule has 0 bridgehead atoms. The average Bonchev–Trinajstić information content (AvgIpc) is 2.66. The normalized spacial score (nSPS) is 11.1. The van der Waals surface area contributed by atoms with Gasteiger partial charge in [0, 0.05) is 5.39 Å². The number of pyridine rings is 1. The Kier molecular flexibility index (Phi) is 4.64. The first-order valence-electron chi connectivity index (χ1n) is 9.70. The minimum atomic E-state index is 0.0673. The van der Waals surface area contributed by atoms with Crippen LogP contribution < -0.4 is 5.56 Å². The number of benzene rings is 3. The van der Waals surface area contributed by atoms with Gasteiger partial charge in [0.25, 0.3) is 5.56 Å². The van der Waals surface area contributed by atoms with E-state index >= 15 is 0 Å². The van der Waals surface area contributed by atoms with Gasteiger partial charge in [0.05, 0.1) is 12.2 Å². The third-order valence-electron chi connectivity index (χ3n) is 5.41. The van der Waals surface area contributed by atoms with E-state index in [1.54, 1.807) is 0 Å². The molecule has 0 aliphatic rings. The van der Waals surface area contributed by atoms with E-state index in [-0.39, 0.29) is 5.56 Å². The monoisotopic (exact) mass is 367 g/mol. The second kappa shape index (κ2) is 7.12. The Morgan fingerprint density at radius 1 is 0.750 bits per heavy atom. The lowest BCUT2D eigenvalue weighted by atomic mass is 10.0. The van der Waals surface area contributed by atoms with Crippen LogP contribution in [0.2, 0.25) is 0 Å². The predicted molar refractivity (Wildman–Crippen MR) is 118 cm³/mol. The molecule has 2 nitrogen and oxygen atoms in total. The molecule has 28 heavy (non-hydrogen) atoms. The molecule has 0 amide bonds. The van der Waals surface area contributed by atoms with Gasteiger partial charge in [0.15, 0.2) is 0 Å². The SMILES string of the molecule is Cc1cccc(-c2cc3ccc(C)cc3c(=O)n2Cc2ccc(C)cc2C)c1. The van der Waals surface area contributed by atoms with Crippen LogP contribution in [0, 0.1) is 27.7 Å². The van der Waals surface area contributed by atoms with E-state index in [9.17, 15) is 4.79 Å². The van der Waals surface area contributed by atoms with Gasteiger partial charge in [0.1, 0.15) is 0 Å². The summed E-state index contributed by atoms with van der Waals surface area (Å²) in [5.74, 6) is 0. The summed E-state index contributed by atoms with van der Waals surface area (Å²) in [4.78, 5) is 13.5. The zero-order valence-corrected chi connectivity index (χ0v) is 16.9. The number of aryl methyl sites for hydroxylation is 4. The Bertz CT molecular complexity index is 1250. The van der Waals surface area contributed by atoms with Crippen LogP contribution in [0.1, 0.15) is 27.8 Å². The second-order valence-corrected chi connectivity index (χ2v) is 7.81. The zero-order chi connectivity index (χ0) is 19.8. The van der Waals surface area contributed by atoms with Crippen LogP contribution in [0.4, 0.5) is 0 Å². The summed E-state index contributed by atoms with van der Waals surface area (Å²) in [5.41, 5.74) is 8.02. The largest absolute Gasteiger partial charge is 0.303 e. The highest BCUT2D eigenvalue weighted by Crippen LogP contribution is 2.25. The first kappa shape index (κ1) is 18.2. The van der Waals surface area contributed by atoms with E-state index in [2.05, 4.69) is 75.4 Å². The zero-order valence-electron chi connectivity index (χ0n) is 16.9. The third-order valence-corrected chi connectivity index (χ3v) is 5.41. The lowest BCUT2D eigenvalue weighted by Crippen LogP contribution is -2.23. The molecular weight excluding hydrogens is 342 g/mol. The molecule has 4 rings (SSSR count). The van der Waals surface area contributed by atoms with Crippen LogP contribution in [0.15, 0.2) is 71.5 Å². The molecule has 0 aliphatic heterocycles. The van der Waals surface area contributed by atoms with Crippen molar-refractivity contribution in [1.82, 2.24) is 4.57 Å². The minimum absolute atomic E-state index is 0.0673. The van der Waals surface area contributed by atoms with Gasteiger partial charge in [-0.05, 0) is 68.0 Å². The summed E-state index contributed by atoms with van der Waals surface area (Å²) in [7, 11) is 0. The van der Waals surface area contributed by atoms with Gasteiger partial charge in [-0.25, -0.2) is 0 Å². The number of rotatable bonds is 3. The molecule has 0 N–H and O–H groups in total. The first-order chi connectivity index (χ1) is 13.4. The summed E-state index contributed by atoms with van der Waals surface area (Å²) in [6.45, 7) is 8.89. The highest BCUT2D eigenvalue weighted by Gasteiger charge is 2.13. The van der Waals surface area contributed by atoms with Crippen molar-refractivity contribution in [3.63, 3.8) is 0 Å². The number of hydrogen-bond acceptors (Lipinski definition) is 1. The van der Waals surface area contributed by atoms with Gasteiger partial charge in [-0.3, -0.25) is 4.79 Å². The molecule has 2 heteroatoms. The highest BCUT2D eigenvalue weighted by atomic mass is 16.1. The Morgan fingerprint density at radius 3 is 2.21 bits per heavy atom. The fourth-order valence-corrected chi connectivity index (χ4v) is 3.86. The summed E-state index contributed by atoms with van der Waals surface area (Å²) in [6.07, 6.45) is 0. The van der Waals surface area contributed by atoms with Gasteiger partial charge in [-0.1, -0.05) is 65.2 Å². The molecule has 0 atom stereocenters. The number of nitrogens with zero attached hydrogens (tertiary/aromatic N) is 1. The van der Waals surface area contributed by atoms with E-state index in [1.807, 2.05) is 23.6 Å². The van der Waals surface area contributed by atoms with Crippen molar-refractivity contribution in [2.45, 2.75) is 34.2 Å². The molecule has 0 radical (unpaired) electrons. The van der Waals surface area contributed by atoms with E-state index in [0.717, 1.165) is 27.6 Å². The van der Waals surface area contributed by atoms with E-state index in [1.165, 1.54) is 22.3 Å². The third kappa shape index (κ3) is 3.38. The van der Waals surface area contributed by atoms with Crippen LogP contribution in [0.25, 0.3) is 22.0 Å². The molecule has 0 unspecified atom stereocenters. The summed E-state index contributed by atoms with van der Waals surface area (Å²) < 4.78 is 1.92. The maximum Gasteiger partial charge on any atom is 0.259 e. The Hall–Kier alpha value is -3.13. The van der Waals surface area contributed by atoms with Crippen LogP contribution in [0.3, 0.4) is 0 Å². The first-order valence-corrected chi connectivity index (χ1v) is 9.70. The maximum absolute atomic E-state index is 13.5. The Morgan fingerprint density at radius 2 is 1.46 bits per heavy atom. The van der Waals surface area contributed by atoms with Crippen molar-refractivity contribution in [1.29, 1.82) is 0 Å². The fourth-order valence-electron chi connectivity index (χ4n) is 3.86. The summed E-state index contributed by atoms with van der Waals surface area (Å²) in [5, 5.41) is 1.77. The molecule has 0 fully saturated rings. The average molecular weight is 367 g/mol. The van der Waals surface area contributed by atoms with Gasteiger partial charge in [0.2, 0.25) is 0 Å². The number of aromatic nitrogens is 1. The summed E-state index contributed by atoms with van der Waals surface area (Å²) in [6, 6.07) is 23.1. The lowest BCUT2D eigenvalue weighted by molar-refractivity contribution is 0.772. The maximum atomic E-state index is 13.5. The molecule has 140 valence electrons. The Labute approximate surface area is 166 Å². The van der Waals surface area contributed by atoms with Crippen LogP contribution in [-0.4, -0.2) is 4.57 Å². The standard InChI is InChI=1S/C26H25NO/c1-17-6-5-7-22(13-17)25-15-21-10-8-19(3)14-24(21)26(28)27(25)16-23-11-9-18(2)12-20(23)4/h5-15H,16H2,1-4H3. The number of fused-ring (bicyclic) bond motifs is 1. The molecule has 0 spiro atoms. The molecule has 0 saturated carbocycles. The predicted octanol–water partition coefficient (Wildman–Crippen LogP) is 5.95. The Balaban J connectivity index is 1.99. The molecule has 4 aromatic rings. The lowest BCUT2D eigenvalue weighted by Gasteiger charge is -2.17. The minimum Gasteiger partial charge on any atom is -0.303 e. The quantitative estimate of drug-likeness (QED) is 0.438. The van der Waals surface area contributed by atoms with Crippen molar-refractivity contribution in [2.75, 3.05) is 0 Å². The van der Waals surface area contributed by atoms with Crippen molar-refractivity contribution in [3.8, 4) is 11.3 Å². The smallest absolute Gasteiger partial charge is 0.259 e. The molecule has 1 heterocycles. The van der Waals surface area contributed by atoms with Gasteiger partial charge in [-0.15, -0.1) is 0 Å². The summed E-state index contributed by atoms with van der Waals surface area (Å²) >= 11 is 0. The second-order valence-electron chi connectivity index (χ2n) is 7.81.